The lowest BCUT2D eigenvalue weighted by Crippen LogP contribution is -2.41. The fourth-order valence-electron chi connectivity index (χ4n) is 3.02. The van der Waals surface area contributed by atoms with Crippen LogP contribution in [0.25, 0.3) is 5.69 Å². The Kier molecular flexibility index (Phi) is 5.82. The van der Waals surface area contributed by atoms with Gasteiger partial charge in [-0.25, -0.2) is 4.68 Å². The Morgan fingerprint density at radius 2 is 2.00 bits per heavy atom. The highest BCUT2D eigenvalue weighted by Crippen LogP contribution is 2.11. The lowest BCUT2D eigenvalue weighted by atomic mass is 10.1. The van der Waals surface area contributed by atoms with E-state index >= 15 is 0 Å². The molecule has 1 fully saturated rings. The fourth-order valence-corrected chi connectivity index (χ4v) is 3.02. The van der Waals surface area contributed by atoms with Crippen molar-refractivity contribution in [2.24, 2.45) is 0 Å². The van der Waals surface area contributed by atoms with Crippen molar-refractivity contribution in [2.75, 3.05) is 19.6 Å². The van der Waals surface area contributed by atoms with Gasteiger partial charge >= 0.3 is 0 Å². The fraction of sp³-hybridized carbons (Fsp3) is 0.421. The predicted molar refractivity (Wildman–Crippen MR) is 95.3 cm³/mol. The van der Waals surface area contributed by atoms with Gasteiger partial charge in [0.1, 0.15) is 0 Å². The Bertz CT molecular complexity index is 695. The maximum Gasteiger partial charge on any atom is 0.239 e. The van der Waals surface area contributed by atoms with E-state index in [1.54, 1.807) is 11.1 Å². The molecule has 0 saturated carbocycles. The van der Waals surface area contributed by atoms with Crippen LogP contribution in [0.15, 0.2) is 42.7 Å². The maximum absolute atomic E-state index is 12.1. The Hall–Kier alpha value is -2.63. The number of rotatable bonds is 6. The minimum absolute atomic E-state index is 0.0802. The van der Waals surface area contributed by atoms with Crippen molar-refractivity contribution in [1.29, 1.82) is 0 Å². The van der Waals surface area contributed by atoms with E-state index in [4.69, 9.17) is 0 Å². The monoisotopic (exact) mass is 340 g/mol. The molecule has 0 unspecified atom stereocenters. The van der Waals surface area contributed by atoms with E-state index in [9.17, 15) is 9.59 Å². The van der Waals surface area contributed by atoms with Gasteiger partial charge in [0, 0.05) is 31.9 Å². The highest BCUT2D eigenvalue weighted by atomic mass is 16.2. The third-order valence-electron chi connectivity index (χ3n) is 4.45. The maximum atomic E-state index is 12.1. The first kappa shape index (κ1) is 17.2. The quantitative estimate of drug-likeness (QED) is 0.874. The highest BCUT2D eigenvalue weighted by Gasteiger charge is 2.18. The van der Waals surface area contributed by atoms with E-state index in [-0.39, 0.29) is 18.4 Å². The number of likely N-dealkylation sites (tertiary alicyclic amines) is 1. The number of nitrogens with zero attached hydrogens (tertiary/aromatic N) is 3. The van der Waals surface area contributed by atoms with Crippen LogP contribution in [-0.4, -0.2) is 46.1 Å². The minimum Gasteiger partial charge on any atom is -0.354 e. The van der Waals surface area contributed by atoms with Crippen molar-refractivity contribution < 1.29 is 9.59 Å². The van der Waals surface area contributed by atoms with Gasteiger partial charge in [0.25, 0.3) is 0 Å². The summed E-state index contributed by atoms with van der Waals surface area (Å²) in [6, 6.07) is 10.0. The number of carbonyl (C=O) groups is 2. The molecule has 1 aliphatic heterocycles. The second-order valence-electron chi connectivity index (χ2n) is 6.34. The Balaban J connectivity index is 1.43. The van der Waals surface area contributed by atoms with E-state index in [2.05, 4.69) is 10.4 Å². The number of amides is 2. The molecule has 6 nitrogen and oxygen atoms in total. The van der Waals surface area contributed by atoms with E-state index in [1.807, 2.05) is 41.2 Å². The van der Waals surface area contributed by atoms with Crippen LogP contribution in [-0.2, 0) is 16.0 Å². The van der Waals surface area contributed by atoms with Crippen molar-refractivity contribution in [1.82, 2.24) is 20.0 Å². The zero-order valence-corrected chi connectivity index (χ0v) is 14.4. The number of aromatic nitrogens is 2. The molecule has 1 N–H and O–H groups in total. The van der Waals surface area contributed by atoms with E-state index in [0.717, 1.165) is 36.9 Å². The lowest BCUT2D eigenvalue weighted by Gasteiger charge is -2.19. The molecule has 3 rings (SSSR count). The zero-order chi connectivity index (χ0) is 17.5. The summed E-state index contributed by atoms with van der Waals surface area (Å²) in [6.07, 6.45) is 7.97. The van der Waals surface area contributed by atoms with Crippen LogP contribution in [0, 0.1) is 0 Å². The average Bonchev–Trinajstić information content (AvgIpc) is 3.08. The number of nitrogens with one attached hydrogen (secondary N) is 1. The average molecular weight is 340 g/mol. The summed E-state index contributed by atoms with van der Waals surface area (Å²) >= 11 is 0. The van der Waals surface area contributed by atoms with Gasteiger partial charge in [0.2, 0.25) is 11.8 Å². The molecule has 2 heterocycles. The van der Waals surface area contributed by atoms with Gasteiger partial charge in [-0.3, -0.25) is 9.59 Å². The summed E-state index contributed by atoms with van der Waals surface area (Å²) in [4.78, 5) is 25.6. The molecule has 132 valence electrons. The number of benzene rings is 1. The van der Waals surface area contributed by atoms with Crippen molar-refractivity contribution in [3.8, 4) is 5.69 Å². The minimum atomic E-state index is -0.0802. The lowest BCUT2D eigenvalue weighted by molar-refractivity contribution is -0.135. The van der Waals surface area contributed by atoms with Crippen LogP contribution >= 0.6 is 0 Å². The zero-order valence-electron chi connectivity index (χ0n) is 14.4. The van der Waals surface area contributed by atoms with E-state index in [1.165, 1.54) is 0 Å². The molecule has 0 bridgehead atoms. The summed E-state index contributed by atoms with van der Waals surface area (Å²) in [5.41, 5.74) is 2.17. The molecule has 1 aliphatic rings. The molecule has 2 amide bonds. The molecule has 2 aromatic rings. The van der Waals surface area contributed by atoms with E-state index < -0.39 is 0 Å². The standard InChI is InChI=1S/C19H24N4O2/c24-18(15-22-13-3-1-2-5-19(22)25)20-12-10-16-6-8-17(9-7-16)23-14-4-11-21-23/h4,6-9,11,14H,1-3,5,10,12-13,15H2,(H,20,24). The summed E-state index contributed by atoms with van der Waals surface area (Å²) < 4.78 is 1.81. The second kappa shape index (κ2) is 8.46. The first-order valence-corrected chi connectivity index (χ1v) is 8.86. The molecule has 1 aromatic heterocycles. The SMILES string of the molecule is O=C(CN1CCCCCC1=O)NCCc1ccc(-n2cccn2)cc1. The summed E-state index contributed by atoms with van der Waals surface area (Å²) in [6.45, 7) is 1.44. The molecule has 1 saturated heterocycles. The van der Waals surface area contributed by atoms with Crippen molar-refractivity contribution in [3.63, 3.8) is 0 Å². The topological polar surface area (TPSA) is 67.2 Å². The van der Waals surface area contributed by atoms with Gasteiger partial charge < -0.3 is 10.2 Å². The van der Waals surface area contributed by atoms with E-state index in [0.29, 0.717) is 19.5 Å². The van der Waals surface area contributed by atoms with Gasteiger partial charge in [0.05, 0.1) is 12.2 Å². The number of carbonyl (C=O) groups excluding carboxylic acids is 2. The van der Waals surface area contributed by atoms with Gasteiger partial charge in [0.15, 0.2) is 0 Å². The largest absolute Gasteiger partial charge is 0.354 e. The van der Waals surface area contributed by atoms with Crippen molar-refractivity contribution >= 4 is 11.8 Å². The normalized spacial score (nSPS) is 15.0. The van der Waals surface area contributed by atoms with Crippen LogP contribution in [0.2, 0.25) is 0 Å². The molecule has 0 spiro atoms. The predicted octanol–water partition coefficient (Wildman–Crippen LogP) is 1.93. The third-order valence-corrected chi connectivity index (χ3v) is 4.45. The van der Waals surface area contributed by atoms with Crippen LogP contribution in [0.1, 0.15) is 31.2 Å². The molecule has 0 aliphatic carbocycles. The first-order valence-electron chi connectivity index (χ1n) is 8.86. The van der Waals surface area contributed by atoms with Gasteiger partial charge in [-0.1, -0.05) is 18.6 Å². The summed E-state index contributed by atoms with van der Waals surface area (Å²) in [7, 11) is 0. The highest BCUT2D eigenvalue weighted by molar-refractivity contribution is 5.84. The van der Waals surface area contributed by atoms with Gasteiger partial charge in [-0.05, 0) is 43.0 Å². The van der Waals surface area contributed by atoms with Crippen molar-refractivity contribution in [2.45, 2.75) is 32.1 Å². The van der Waals surface area contributed by atoms with Crippen molar-refractivity contribution in [3.05, 3.63) is 48.3 Å². The van der Waals surface area contributed by atoms with Crippen LogP contribution in [0.3, 0.4) is 0 Å². The number of hydrogen-bond donors (Lipinski definition) is 1. The Morgan fingerprint density at radius 1 is 1.16 bits per heavy atom. The third kappa shape index (κ3) is 4.92. The van der Waals surface area contributed by atoms with Crippen LogP contribution in [0.5, 0.6) is 0 Å². The molecular weight excluding hydrogens is 316 g/mol. The van der Waals surface area contributed by atoms with Crippen LogP contribution in [0.4, 0.5) is 0 Å². The molecular formula is C19H24N4O2. The Morgan fingerprint density at radius 3 is 2.76 bits per heavy atom. The van der Waals surface area contributed by atoms with Gasteiger partial charge in [-0.15, -0.1) is 0 Å². The summed E-state index contributed by atoms with van der Waals surface area (Å²) in [5, 5.41) is 7.11. The number of hydrogen-bond acceptors (Lipinski definition) is 3. The molecule has 1 aromatic carbocycles. The molecule has 25 heavy (non-hydrogen) atoms. The Labute approximate surface area is 147 Å². The summed E-state index contributed by atoms with van der Waals surface area (Å²) in [5.74, 6) is 0.0188. The molecule has 0 radical (unpaired) electrons. The van der Waals surface area contributed by atoms with Crippen LogP contribution < -0.4 is 5.32 Å². The second-order valence-corrected chi connectivity index (χ2v) is 6.34. The molecule has 6 heteroatoms. The van der Waals surface area contributed by atoms with Gasteiger partial charge in [-0.2, -0.15) is 5.10 Å². The first-order chi connectivity index (χ1) is 12.2. The molecule has 0 atom stereocenters. The smallest absolute Gasteiger partial charge is 0.239 e.